The molecule has 0 radical (unpaired) electrons. The van der Waals surface area contributed by atoms with Gasteiger partial charge in [0.1, 0.15) is 28.3 Å². The zero-order chi connectivity index (χ0) is 17.6. The molecule has 7 heteroatoms. The largest absolute Gasteiger partial charge is 0.507 e. The summed E-state index contributed by atoms with van der Waals surface area (Å²) in [5.74, 6) is -0.0524. The van der Waals surface area contributed by atoms with Gasteiger partial charge in [-0.2, -0.15) is 0 Å². The summed E-state index contributed by atoms with van der Waals surface area (Å²) in [5.41, 5.74) is 1.78. The van der Waals surface area contributed by atoms with E-state index in [1.165, 1.54) is 28.9 Å². The molecule has 2 aromatic heterocycles. The summed E-state index contributed by atoms with van der Waals surface area (Å²) < 4.78 is 0. The maximum Gasteiger partial charge on any atom is 0.339 e. The van der Waals surface area contributed by atoms with Crippen LogP contribution in [0.2, 0.25) is 0 Å². The van der Waals surface area contributed by atoms with Crippen molar-refractivity contribution >= 4 is 39.0 Å². The highest BCUT2D eigenvalue weighted by Gasteiger charge is 2.23. The summed E-state index contributed by atoms with van der Waals surface area (Å²) in [6, 6.07) is 4.40. The van der Waals surface area contributed by atoms with Crippen molar-refractivity contribution in [3.05, 3.63) is 40.5 Å². The van der Waals surface area contributed by atoms with Gasteiger partial charge in [-0.1, -0.05) is 6.92 Å². The Bertz CT molecular complexity index is 983. The molecule has 0 spiro atoms. The molecule has 4 rings (SSSR count). The number of rotatable bonds is 3. The Labute approximate surface area is 148 Å². The van der Waals surface area contributed by atoms with Gasteiger partial charge in [-0.25, -0.2) is 14.8 Å². The average molecular weight is 355 g/mol. The number of fused-ring (bicyclic) bond motifs is 3. The second-order valence-corrected chi connectivity index (χ2v) is 7.50. The number of benzene rings is 1. The Balaban J connectivity index is 1.75. The highest BCUT2D eigenvalue weighted by molar-refractivity contribution is 7.19. The summed E-state index contributed by atoms with van der Waals surface area (Å²) in [7, 11) is 0. The van der Waals surface area contributed by atoms with E-state index in [1.807, 2.05) is 0 Å². The first-order valence-electron chi connectivity index (χ1n) is 8.11. The molecule has 6 nitrogen and oxygen atoms in total. The van der Waals surface area contributed by atoms with Crippen LogP contribution in [0.25, 0.3) is 10.2 Å². The van der Waals surface area contributed by atoms with Gasteiger partial charge in [-0.05, 0) is 42.9 Å². The van der Waals surface area contributed by atoms with Crippen LogP contribution in [-0.2, 0) is 12.8 Å². The van der Waals surface area contributed by atoms with Crippen molar-refractivity contribution in [2.45, 2.75) is 26.2 Å². The molecule has 0 amide bonds. The first-order chi connectivity index (χ1) is 12.0. The molecular formula is C18H17N3O3S. The summed E-state index contributed by atoms with van der Waals surface area (Å²) in [5, 5.41) is 23.1. The Hall–Kier alpha value is -2.67. The van der Waals surface area contributed by atoms with Crippen molar-refractivity contribution in [1.29, 1.82) is 0 Å². The minimum Gasteiger partial charge on any atom is -0.507 e. The van der Waals surface area contributed by atoms with Crippen LogP contribution in [0.5, 0.6) is 5.75 Å². The maximum absolute atomic E-state index is 11.0. The number of aromatic nitrogens is 2. The van der Waals surface area contributed by atoms with Crippen LogP contribution >= 0.6 is 11.3 Å². The van der Waals surface area contributed by atoms with Crippen molar-refractivity contribution in [3.8, 4) is 5.75 Å². The zero-order valence-corrected chi connectivity index (χ0v) is 14.4. The molecule has 0 saturated heterocycles. The lowest BCUT2D eigenvalue weighted by Crippen LogP contribution is -2.09. The molecule has 2 heterocycles. The van der Waals surface area contributed by atoms with E-state index in [0.29, 0.717) is 17.4 Å². The molecule has 1 atom stereocenters. The maximum atomic E-state index is 11.0. The predicted molar refractivity (Wildman–Crippen MR) is 97.0 cm³/mol. The summed E-state index contributed by atoms with van der Waals surface area (Å²) in [6.07, 6.45) is 4.77. The third-order valence-electron chi connectivity index (χ3n) is 4.58. The number of nitrogens with zero attached hydrogens (tertiary/aromatic N) is 2. The standard InChI is InChI=1S/C18H17N3O3S/c1-9-2-4-12-14(6-9)25-17-15(12)16(19-8-20-17)21-10-3-5-11(18(23)24)13(22)7-10/h3,5,7-9,22H,2,4,6H2,1H3,(H,23,24)(H,19,20,21). The number of carbonyl (C=O) groups is 1. The van der Waals surface area contributed by atoms with Crippen LogP contribution in [0, 0.1) is 5.92 Å². The number of nitrogens with one attached hydrogen (secondary N) is 1. The van der Waals surface area contributed by atoms with Crippen LogP contribution in [0.15, 0.2) is 24.5 Å². The Morgan fingerprint density at radius 1 is 1.36 bits per heavy atom. The quantitative estimate of drug-likeness (QED) is 0.658. The zero-order valence-electron chi connectivity index (χ0n) is 13.6. The minimum absolute atomic E-state index is 0.125. The van der Waals surface area contributed by atoms with Gasteiger partial charge in [0.25, 0.3) is 0 Å². The molecule has 0 aliphatic heterocycles. The molecule has 0 saturated carbocycles. The Morgan fingerprint density at radius 3 is 2.96 bits per heavy atom. The first kappa shape index (κ1) is 15.8. The van der Waals surface area contributed by atoms with E-state index >= 15 is 0 Å². The third-order valence-corrected chi connectivity index (χ3v) is 5.74. The van der Waals surface area contributed by atoms with E-state index in [1.54, 1.807) is 17.4 Å². The van der Waals surface area contributed by atoms with Crippen molar-refractivity contribution in [2.75, 3.05) is 5.32 Å². The number of carboxylic acids is 1. The number of phenols is 1. The highest BCUT2D eigenvalue weighted by Crippen LogP contribution is 2.40. The molecule has 1 aromatic carbocycles. The van der Waals surface area contributed by atoms with E-state index in [-0.39, 0.29) is 11.3 Å². The molecule has 0 bridgehead atoms. The number of anilines is 2. The monoisotopic (exact) mass is 355 g/mol. The number of aryl methyl sites for hydroxylation is 1. The minimum atomic E-state index is -1.16. The average Bonchev–Trinajstić information content (AvgIpc) is 2.92. The fourth-order valence-electron chi connectivity index (χ4n) is 3.30. The Kier molecular flexibility index (Phi) is 3.80. The summed E-state index contributed by atoms with van der Waals surface area (Å²) >= 11 is 1.72. The SMILES string of the molecule is CC1CCc2c(sc3ncnc(Nc4ccc(C(=O)O)c(O)c4)c23)C1. The molecule has 3 N–H and O–H groups in total. The van der Waals surface area contributed by atoms with Gasteiger partial charge in [0.05, 0.1) is 5.39 Å². The van der Waals surface area contributed by atoms with Crippen molar-refractivity contribution in [1.82, 2.24) is 9.97 Å². The van der Waals surface area contributed by atoms with Crippen LogP contribution in [0.1, 0.15) is 34.1 Å². The second-order valence-electron chi connectivity index (χ2n) is 6.42. The smallest absolute Gasteiger partial charge is 0.339 e. The third kappa shape index (κ3) is 2.80. The van der Waals surface area contributed by atoms with Gasteiger partial charge in [-0.15, -0.1) is 11.3 Å². The van der Waals surface area contributed by atoms with Crippen LogP contribution < -0.4 is 5.32 Å². The van der Waals surface area contributed by atoms with Crippen molar-refractivity contribution in [2.24, 2.45) is 5.92 Å². The molecule has 0 fully saturated rings. The first-order valence-corrected chi connectivity index (χ1v) is 8.93. The molecule has 128 valence electrons. The number of aromatic carboxylic acids is 1. The van der Waals surface area contributed by atoms with E-state index in [0.717, 1.165) is 29.5 Å². The summed E-state index contributed by atoms with van der Waals surface area (Å²) in [6.45, 7) is 2.27. The lowest BCUT2D eigenvalue weighted by Gasteiger charge is -2.18. The van der Waals surface area contributed by atoms with Crippen LogP contribution in [0.3, 0.4) is 0 Å². The number of hydrogen-bond acceptors (Lipinski definition) is 6. The molecule has 1 aliphatic rings. The lowest BCUT2D eigenvalue weighted by molar-refractivity contribution is 0.0694. The second kappa shape index (κ2) is 6.00. The molecule has 1 unspecified atom stereocenters. The van der Waals surface area contributed by atoms with E-state index in [4.69, 9.17) is 5.11 Å². The lowest BCUT2D eigenvalue weighted by atomic mass is 9.89. The number of carboxylic acid groups (broad SMARTS) is 1. The van der Waals surface area contributed by atoms with Crippen molar-refractivity contribution in [3.63, 3.8) is 0 Å². The molecule has 1 aliphatic carbocycles. The normalized spacial score (nSPS) is 16.6. The van der Waals surface area contributed by atoms with Crippen molar-refractivity contribution < 1.29 is 15.0 Å². The van der Waals surface area contributed by atoms with Gasteiger partial charge >= 0.3 is 5.97 Å². The van der Waals surface area contributed by atoms with Crippen LogP contribution in [0.4, 0.5) is 11.5 Å². The number of aromatic hydroxyl groups is 1. The predicted octanol–water partition coefficient (Wildman–Crippen LogP) is 3.96. The number of hydrogen-bond donors (Lipinski definition) is 3. The fourth-order valence-corrected chi connectivity index (χ4v) is 4.65. The Morgan fingerprint density at radius 2 is 2.20 bits per heavy atom. The molecule has 25 heavy (non-hydrogen) atoms. The van der Waals surface area contributed by atoms with Gasteiger partial charge in [-0.3, -0.25) is 0 Å². The van der Waals surface area contributed by atoms with E-state index in [2.05, 4.69) is 22.2 Å². The fraction of sp³-hybridized carbons (Fsp3) is 0.278. The topological polar surface area (TPSA) is 95.3 Å². The summed E-state index contributed by atoms with van der Waals surface area (Å²) in [4.78, 5) is 22.1. The van der Waals surface area contributed by atoms with Crippen LogP contribution in [-0.4, -0.2) is 26.2 Å². The van der Waals surface area contributed by atoms with Gasteiger partial charge < -0.3 is 15.5 Å². The van der Waals surface area contributed by atoms with Gasteiger partial charge in [0, 0.05) is 16.6 Å². The molecular weight excluding hydrogens is 338 g/mol. The van der Waals surface area contributed by atoms with Gasteiger partial charge in [0.15, 0.2) is 0 Å². The van der Waals surface area contributed by atoms with Gasteiger partial charge in [0.2, 0.25) is 0 Å². The highest BCUT2D eigenvalue weighted by atomic mass is 32.1. The number of thiophene rings is 1. The van der Waals surface area contributed by atoms with E-state index in [9.17, 15) is 9.90 Å². The van der Waals surface area contributed by atoms with E-state index < -0.39 is 5.97 Å². The molecule has 3 aromatic rings.